The highest BCUT2D eigenvalue weighted by molar-refractivity contribution is 5.94. The van der Waals surface area contributed by atoms with Crippen molar-refractivity contribution in [1.82, 2.24) is 0 Å². The van der Waals surface area contributed by atoms with Crippen LogP contribution in [0.4, 0.5) is 5.69 Å². The van der Waals surface area contributed by atoms with Crippen LogP contribution >= 0.6 is 0 Å². The Morgan fingerprint density at radius 3 is 2.50 bits per heavy atom. The minimum Gasteiger partial charge on any atom is -0.497 e. The summed E-state index contributed by atoms with van der Waals surface area (Å²) in [5.74, 6) is 1.38. The van der Waals surface area contributed by atoms with Crippen molar-refractivity contribution >= 4 is 11.6 Å². The van der Waals surface area contributed by atoms with Crippen LogP contribution < -0.4 is 20.5 Å². The first kappa shape index (κ1) is 16.3. The highest BCUT2D eigenvalue weighted by atomic mass is 16.5. The molecule has 1 amide bonds. The number of carbonyl (C=O) groups is 1. The van der Waals surface area contributed by atoms with Gasteiger partial charge in [-0.05, 0) is 24.5 Å². The molecule has 0 aliphatic heterocycles. The number of nitrogens with one attached hydrogen (secondary N) is 1. The maximum Gasteiger partial charge on any atom is 0.228 e. The normalized spacial score (nSPS) is 12.1. The topological polar surface area (TPSA) is 73.6 Å². The summed E-state index contributed by atoms with van der Waals surface area (Å²) >= 11 is 0. The van der Waals surface area contributed by atoms with Gasteiger partial charge in [-0.1, -0.05) is 13.8 Å². The molecule has 0 fully saturated rings. The third-order valence-corrected chi connectivity index (χ3v) is 3.08. The van der Waals surface area contributed by atoms with Crippen LogP contribution in [0.5, 0.6) is 11.5 Å². The molecule has 112 valence electrons. The number of hydrogen-bond acceptors (Lipinski definition) is 4. The lowest BCUT2D eigenvalue weighted by molar-refractivity contribution is -0.120. The predicted octanol–water partition coefficient (Wildman–Crippen LogP) is 2.26. The summed E-state index contributed by atoms with van der Waals surface area (Å²) in [5.41, 5.74) is 6.28. The average molecular weight is 280 g/mol. The zero-order valence-electron chi connectivity index (χ0n) is 12.6. The molecule has 0 radical (unpaired) electrons. The lowest BCUT2D eigenvalue weighted by Crippen LogP contribution is -2.30. The number of nitrogens with two attached hydrogens (primary N) is 1. The zero-order valence-corrected chi connectivity index (χ0v) is 12.6. The molecule has 5 heteroatoms. The molecule has 1 aromatic rings. The van der Waals surface area contributed by atoms with Crippen molar-refractivity contribution in [1.29, 1.82) is 0 Å². The first-order valence-corrected chi connectivity index (χ1v) is 6.74. The fourth-order valence-corrected chi connectivity index (χ4v) is 2.03. The summed E-state index contributed by atoms with van der Waals surface area (Å²) < 4.78 is 10.4. The minimum absolute atomic E-state index is 0.0900. The number of carbonyl (C=O) groups excluding carboxylic acids is 1. The summed E-state index contributed by atoms with van der Waals surface area (Å²) in [6.45, 7) is 4.47. The van der Waals surface area contributed by atoms with Crippen LogP contribution in [-0.4, -0.2) is 26.7 Å². The van der Waals surface area contributed by atoms with Gasteiger partial charge in [-0.2, -0.15) is 0 Å². The zero-order chi connectivity index (χ0) is 15.1. The van der Waals surface area contributed by atoms with Gasteiger partial charge in [0.2, 0.25) is 5.91 Å². The van der Waals surface area contributed by atoms with E-state index < -0.39 is 0 Å². The molecule has 1 rings (SSSR count). The quantitative estimate of drug-likeness (QED) is 0.803. The largest absolute Gasteiger partial charge is 0.497 e. The number of methoxy groups -OCH3 is 2. The fourth-order valence-electron chi connectivity index (χ4n) is 2.03. The Hall–Kier alpha value is -1.75. The van der Waals surface area contributed by atoms with Crippen LogP contribution in [0.3, 0.4) is 0 Å². The van der Waals surface area contributed by atoms with E-state index in [9.17, 15) is 4.79 Å². The molecule has 0 aliphatic rings. The van der Waals surface area contributed by atoms with Crippen LogP contribution in [-0.2, 0) is 4.79 Å². The number of ether oxygens (including phenoxy) is 2. The van der Waals surface area contributed by atoms with Gasteiger partial charge in [0.15, 0.2) is 0 Å². The molecule has 0 aromatic heterocycles. The van der Waals surface area contributed by atoms with Crippen molar-refractivity contribution < 1.29 is 14.3 Å². The summed E-state index contributed by atoms with van der Waals surface area (Å²) in [7, 11) is 3.14. The molecule has 0 saturated carbocycles. The van der Waals surface area contributed by atoms with Gasteiger partial charge in [-0.25, -0.2) is 0 Å². The first-order valence-electron chi connectivity index (χ1n) is 6.74. The van der Waals surface area contributed by atoms with Gasteiger partial charge >= 0.3 is 0 Å². The highest BCUT2D eigenvalue weighted by Crippen LogP contribution is 2.29. The van der Waals surface area contributed by atoms with Crippen molar-refractivity contribution in [2.75, 3.05) is 26.1 Å². The van der Waals surface area contributed by atoms with E-state index >= 15 is 0 Å². The average Bonchev–Trinajstić information content (AvgIpc) is 2.44. The van der Waals surface area contributed by atoms with Crippen LogP contribution in [0.1, 0.15) is 20.3 Å². The first-order chi connectivity index (χ1) is 9.51. The van der Waals surface area contributed by atoms with E-state index in [-0.39, 0.29) is 11.8 Å². The molecule has 1 aromatic carbocycles. The van der Waals surface area contributed by atoms with Crippen molar-refractivity contribution in [2.24, 2.45) is 17.6 Å². The van der Waals surface area contributed by atoms with Gasteiger partial charge in [0.25, 0.3) is 0 Å². The number of rotatable bonds is 7. The summed E-state index contributed by atoms with van der Waals surface area (Å²) in [6.07, 6.45) is 0.759. The molecule has 1 atom stereocenters. The molecule has 0 saturated heterocycles. The molecular formula is C15H24N2O3. The maximum atomic E-state index is 12.3. The molecule has 0 bridgehead atoms. The monoisotopic (exact) mass is 280 g/mol. The van der Waals surface area contributed by atoms with Crippen LogP contribution in [0.25, 0.3) is 0 Å². The Bertz CT molecular complexity index is 447. The van der Waals surface area contributed by atoms with E-state index in [4.69, 9.17) is 15.2 Å². The van der Waals surface area contributed by atoms with Crippen molar-refractivity contribution in [3.63, 3.8) is 0 Å². The third-order valence-electron chi connectivity index (χ3n) is 3.08. The van der Waals surface area contributed by atoms with E-state index in [1.54, 1.807) is 32.4 Å². The lowest BCUT2D eigenvalue weighted by Gasteiger charge is -2.18. The number of amides is 1. The lowest BCUT2D eigenvalue weighted by atomic mass is 9.96. The summed E-state index contributed by atoms with van der Waals surface area (Å²) in [5, 5.41) is 2.87. The number of benzene rings is 1. The van der Waals surface area contributed by atoms with Crippen molar-refractivity contribution in [2.45, 2.75) is 20.3 Å². The molecule has 20 heavy (non-hydrogen) atoms. The Kier molecular flexibility index (Phi) is 6.31. The molecular weight excluding hydrogens is 256 g/mol. The third kappa shape index (κ3) is 4.42. The van der Waals surface area contributed by atoms with Gasteiger partial charge in [0, 0.05) is 12.6 Å². The minimum atomic E-state index is -0.203. The molecule has 1 unspecified atom stereocenters. The smallest absolute Gasteiger partial charge is 0.228 e. The van der Waals surface area contributed by atoms with Gasteiger partial charge in [0.05, 0.1) is 25.8 Å². The predicted molar refractivity (Wildman–Crippen MR) is 80.2 cm³/mol. The number of hydrogen-bond donors (Lipinski definition) is 2. The van der Waals surface area contributed by atoms with E-state index in [1.165, 1.54) is 0 Å². The molecule has 0 aliphatic carbocycles. The maximum absolute atomic E-state index is 12.3. The van der Waals surface area contributed by atoms with E-state index in [2.05, 4.69) is 19.2 Å². The van der Waals surface area contributed by atoms with Crippen LogP contribution in [0.2, 0.25) is 0 Å². The Labute approximate surface area is 120 Å². The van der Waals surface area contributed by atoms with Gasteiger partial charge in [-0.15, -0.1) is 0 Å². The molecule has 5 nitrogen and oxygen atoms in total. The summed E-state index contributed by atoms with van der Waals surface area (Å²) in [4.78, 5) is 12.3. The Morgan fingerprint density at radius 2 is 2.00 bits per heavy atom. The van der Waals surface area contributed by atoms with Crippen LogP contribution in [0.15, 0.2) is 18.2 Å². The van der Waals surface area contributed by atoms with Gasteiger partial charge in [-0.3, -0.25) is 4.79 Å². The molecule has 0 heterocycles. The Morgan fingerprint density at radius 1 is 1.30 bits per heavy atom. The second-order valence-electron chi connectivity index (χ2n) is 5.12. The highest BCUT2D eigenvalue weighted by Gasteiger charge is 2.19. The van der Waals surface area contributed by atoms with Gasteiger partial charge in [0.1, 0.15) is 11.5 Å². The van der Waals surface area contributed by atoms with Crippen molar-refractivity contribution in [3.8, 4) is 11.5 Å². The van der Waals surface area contributed by atoms with E-state index in [1.807, 2.05) is 0 Å². The second kappa shape index (κ2) is 7.75. The molecule has 0 spiro atoms. The Balaban J connectivity index is 2.87. The fraction of sp³-hybridized carbons (Fsp3) is 0.533. The SMILES string of the molecule is COc1ccc(OC)c(NC(=O)C(CN)CC(C)C)c1. The van der Waals surface area contributed by atoms with Gasteiger partial charge < -0.3 is 20.5 Å². The second-order valence-corrected chi connectivity index (χ2v) is 5.12. The molecule has 3 N–H and O–H groups in total. The van der Waals surface area contributed by atoms with E-state index in [0.29, 0.717) is 29.6 Å². The standard InChI is InChI=1S/C15H24N2O3/c1-10(2)7-11(9-16)15(18)17-13-8-12(19-3)5-6-14(13)20-4/h5-6,8,10-11H,7,9,16H2,1-4H3,(H,17,18). The van der Waals surface area contributed by atoms with E-state index in [0.717, 1.165) is 6.42 Å². The summed E-state index contributed by atoms with van der Waals surface area (Å²) in [6, 6.07) is 5.27. The van der Waals surface area contributed by atoms with Crippen molar-refractivity contribution in [3.05, 3.63) is 18.2 Å². The number of anilines is 1. The van der Waals surface area contributed by atoms with Crippen LogP contribution in [0, 0.1) is 11.8 Å².